The van der Waals surface area contributed by atoms with Crippen molar-refractivity contribution >= 4 is 11.7 Å². The maximum atomic E-state index is 13.5. The first-order valence-electron chi connectivity index (χ1n) is 8.89. The second-order valence-electron chi connectivity index (χ2n) is 6.54. The summed E-state index contributed by atoms with van der Waals surface area (Å²) < 4.78 is 13.5. The van der Waals surface area contributed by atoms with Crippen molar-refractivity contribution < 1.29 is 9.18 Å². The van der Waals surface area contributed by atoms with Crippen LogP contribution in [0.1, 0.15) is 6.92 Å². The second kappa shape index (κ2) is 7.19. The van der Waals surface area contributed by atoms with Gasteiger partial charge < -0.3 is 9.80 Å². The summed E-state index contributed by atoms with van der Waals surface area (Å²) in [6, 6.07) is 12.1. The van der Waals surface area contributed by atoms with Gasteiger partial charge in [0.05, 0.1) is 11.4 Å². The highest BCUT2D eigenvalue weighted by molar-refractivity contribution is 5.77. The number of rotatable bonds is 3. The number of carbonyl (C=O) groups excluding carboxylic acids is 1. The van der Waals surface area contributed by atoms with E-state index in [1.165, 1.54) is 12.1 Å². The summed E-state index contributed by atoms with van der Waals surface area (Å²) in [5.41, 5.74) is 3.16. The number of hydrogen-bond acceptors (Lipinski definition) is 4. The van der Waals surface area contributed by atoms with Crippen LogP contribution in [-0.4, -0.2) is 52.2 Å². The zero-order valence-electron chi connectivity index (χ0n) is 15.0. The lowest BCUT2D eigenvalue weighted by Gasteiger charge is -2.35. The third-order valence-corrected chi connectivity index (χ3v) is 4.80. The van der Waals surface area contributed by atoms with E-state index in [2.05, 4.69) is 20.1 Å². The molecular weight excluding hydrogens is 345 g/mol. The predicted octanol–water partition coefficient (Wildman–Crippen LogP) is 2.95. The smallest absolute Gasteiger partial charge is 0.219 e. The van der Waals surface area contributed by atoms with E-state index in [1.807, 2.05) is 29.2 Å². The fraction of sp³-hybridized carbons (Fsp3) is 0.250. The third kappa shape index (κ3) is 3.53. The van der Waals surface area contributed by atoms with Gasteiger partial charge in [-0.25, -0.2) is 9.37 Å². The largest absolute Gasteiger partial charge is 0.353 e. The molecule has 3 aromatic rings. The molecule has 0 aliphatic carbocycles. The number of amides is 1. The van der Waals surface area contributed by atoms with Gasteiger partial charge in [0.15, 0.2) is 0 Å². The molecule has 0 bridgehead atoms. The highest BCUT2D eigenvalue weighted by atomic mass is 19.1. The lowest BCUT2D eigenvalue weighted by Crippen LogP contribution is -2.48. The Morgan fingerprint density at radius 3 is 2.67 bits per heavy atom. The fourth-order valence-corrected chi connectivity index (χ4v) is 3.35. The minimum absolute atomic E-state index is 0.101. The molecule has 1 aliphatic heterocycles. The van der Waals surface area contributed by atoms with Crippen LogP contribution in [0, 0.1) is 5.82 Å². The molecule has 1 amide bonds. The number of halogens is 1. The van der Waals surface area contributed by atoms with Crippen LogP contribution in [0.2, 0.25) is 0 Å². The zero-order valence-corrected chi connectivity index (χ0v) is 15.0. The molecule has 1 aliphatic rings. The highest BCUT2D eigenvalue weighted by Crippen LogP contribution is 2.30. The van der Waals surface area contributed by atoms with Crippen LogP contribution in [0.25, 0.3) is 22.5 Å². The van der Waals surface area contributed by atoms with Crippen molar-refractivity contribution in [1.29, 1.82) is 0 Å². The summed E-state index contributed by atoms with van der Waals surface area (Å²) in [6.45, 7) is 4.43. The normalized spacial score (nSPS) is 14.4. The molecule has 0 atom stereocenters. The Hall–Kier alpha value is -3.22. The number of carbonyl (C=O) groups is 1. The number of hydrogen-bond donors (Lipinski definition) is 1. The summed E-state index contributed by atoms with van der Waals surface area (Å²) in [4.78, 5) is 20.1. The van der Waals surface area contributed by atoms with E-state index in [9.17, 15) is 9.18 Å². The van der Waals surface area contributed by atoms with Crippen molar-refractivity contribution in [2.75, 3.05) is 31.1 Å². The zero-order chi connectivity index (χ0) is 18.8. The fourth-order valence-electron chi connectivity index (χ4n) is 3.35. The molecule has 0 spiro atoms. The minimum Gasteiger partial charge on any atom is -0.353 e. The summed E-state index contributed by atoms with van der Waals surface area (Å²) in [6.07, 6.45) is 1.76. The summed E-state index contributed by atoms with van der Waals surface area (Å²) in [5, 5.41) is 7.38. The molecular formula is C20H20FN5O. The molecule has 1 saturated heterocycles. The number of nitrogens with zero attached hydrogens (tertiary/aromatic N) is 4. The van der Waals surface area contributed by atoms with Gasteiger partial charge in [0.25, 0.3) is 0 Å². The number of H-pyrrole nitrogens is 1. The van der Waals surface area contributed by atoms with Crippen molar-refractivity contribution in [3.8, 4) is 22.5 Å². The molecule has 0 radical (unpaired) electrons. The molecule has 3 heterocycles. The van der Waals surface area contributed by atoms with Gasteiger partial charge in [-0.15, -0.1) is 0 Å². The molecule has 6 nitrogen and oxygen atoms in total. The Kier molecular flexibility index (Phi) is 4.58. The van der Waals surface area contributed by atoms with E-state index in [1.54, 1.807) is 19.2 Å². The Balaban J connectivity index is 1.62. The first kappa shape index (κ1) is 17.2. The van der Waals surface area contributed by atoms with E-state index >= 15 is 0 Å². The quantitative estimate of drug-likeness (QED) is 0.775. The number of pyridine rings is 1. The molecule has 0 saturated carbocycles. The molecule has 4 rings (SSSR count). The Bertz CT molecular complexity index is 962. The standard InChI is InChI=1S/C20H20FN5O/c1-14(27)25-8-10-26(11-9-25)20-17(6-3-7-22-20)19-13-18(23-24-19)15-4-2-5-16(21)12-15/h2-7,12-13H,8-11H2,1H3,(H,23,24). The van der Waals surface area contributed by atoms with Crippen LogP contribution >= 0.6 is 0 Å². The number of piperazine rings is 1. The highest BCUT2D eigenvalue weighted by Gasteiger charge is 2.22. The van der Waals surface area contributed by atoms with Gasteiger partial charge in [-0.3, -0.25) is 9.89 Å². The molecule has 1 N–H and O–H groups in total. The van der Waals surface area contributed by atoms with Crippen LogP contribution < -0.4 is 4.90 Å². The van der Waals surface area contributed by atoms with Gasteiger partial charge in [-0.1, -0.05) is 12.1 Å². The first-order valence-corrected chi connectivity index (χ1v) is 8.89. The number of aromatic nitrogens is 3. The van der Waals surface area contributed by atoms with Gasteiger partial charge in [-0.2, -0.15) is 5.10 Å². The Morgan fingerprint density at radius 2 is 1.93 bits per heavy atom. The van der Waals surface area contributed by atoms with E-state index in [4.69, 9.17) is 0 Å². The van der Waals surface area contributed by atoms with Gasteiger partial charge >= 0.3 is 0 Å². The molecule has 27 heavy (non-hydrogen) atoms. The van der Waals surface area contributed by atoms with Gasteiger partial charge in [0.2, 0.25) is 5.91 Å². The number of anilines is 1. The van der Waals surface area contributed by atoms with E-state index in [-0.39, 0.29) is 11.7 Å². The average molecular weight is 365 g/mol. The van der Waals surface area contributed by atoms with Crippen LogP contribution in [0.3, 0.4) is 0 Å². The predicted molar refractivity (Wildman–Crippen MR) is 102 cm³/mol. The maximum absolute atomic E-state index is 13.5. The summed E-state index contributed by atoms with van der Waals surface area (Å²) in [7, 11) is 0. The summed E-state index contributed by atoms with van der Waals surface area (Å²) in [5.74, 6) is 0.668. The topological polar surface area (TPSA) is 65.1 Å². The van der Waals surface area contributed by atoms with Gasteiger partial charge in [-0.05, 0) is 30.3 Å². The molecule has 1 fully saturated rings. The van der Waals surface area contributed by atoms with Crippen LogP contribution in [0.5, 0.6) is 0 Å². The van der Waals surface area contributed by atoms with Crippen molar-refractivity contribution in [2.45, 2.75) is 6.92 Å². The van der Waals surface area contributed by atoms with Crippen molar-refractivity contribution in [1.82, 2.24) is 20.1 Å². The minimum atomic E-state index is -0.289. The molecule has 7 heteroatoms. The van der Waals surface area contributed by atoms with Crippen molar-refractivity contribution in [2.24, 2.45) is 0 Å². The number of benzene rings is 1. The monoisotopic (exact) mass is 365 g/mol. The van der Waals surface area contributed by atoms with Crippen molar-refractivity contribution in [3.05, 3.63) is 54.5 Å². The SMILES string of the molecule is CC(=O)N1CCN(c2ncccc2-c2cc(-c3cccc(F)c3)n[nH]2)CC1. The molecule has 0 unspecified atom stereocenters. The summed E-state index contributed by atoms with van der Waals surface area (Å²) >= 11 is 0. The van der Waals surface area contributed by atoms with Crippen LogP contribution in [0.15, 0.2) is 48.7 Å². The lowest BCUT2D eigenvalue weighted by atomic mass is 10.1. The number of aromatic amines is 1. The van der Waals surface area contributed by atoms with Gasteiger partial charge in [0, 0.05) is 50.4 Å². The van der Waals surface area contributed by atoms with E-state index in [0.717, 1.165) is 35.7 Å². The van der Waals surface area contributed by atoms with E-state index in [0.29, 0.717) is 18.8 Å². The van der Waals surface area contributed by atoms with Gasteiger partial charge in [0.1, 0.15) is 11.6 Å². The molecule has 138 valence electrons. The molecule has 2 aromatic heterocycles. The van der Waals surface area contributed by atoms with Crippen molar-refractivity contribution in [3.63, 3.8) is 0 Å². The lowest BCUT2D eigenvalue weighted by molar-refractivity contribution is -0.129. The average Bonchev–Trinajstić information content (AvgIpc) is 3.18. The number of nitrogens with one attached hydrogen (secondary N) is 1. The van der Waals surface area contributed by atoms with E-state index < -0.39 is 0 Å². The molecule has 1 aromatic carbocycles. The van der Waals surface area contributed by atoms with Crippen LogP contribution in [-0.2, 0) is 4.79 Å². The third-order valence-electron chi connectivity index (χ3n) is 4.80. The Morgan fingerprint density at radius 1 is 1.11 bits per heavy atom. The second-order valence-corrected chi connectivity index (χ2v) is 6.54. The first-order chi connectivity index (χ1) is 13.1. The van der Waals surface area contributed by atoms with Crippen LogP contribution in [0.4, 0.5) is 10.2 Å². The maximum Gasteiger partial charge on any atom is 0.219 e. The Labute approximate surface area is 156 Å².